The maximum absolute atomic E-state index is 13.9. The van der Waals surface area contributed by atoms with Crippen LogP contribution in [0.1, 0.15) is 28.2 Å². The maximum atomic E-state index is 13.9. The number of aryl methyl sites for hydroxylation is 1. The predicted molar refractivity (Wildman–Crippen MR) is 150 cm³/mol. The fraction of sp³-hybridized carbons (Fsp3) is 0.125. The monoisotopic (exact) mass is 570 g/mol. The quantitative estimate of drug-likeness (QED) is 0.189. The first-order valence-corrected chi connectivity index (χ1v) is 13.0. The third-order valence-electron chi connectivity index (χ3n) is 6.47. The van der Waals surface area contributed by atoms with Crippen molar-refractivity contribution in [2.45, 2.75) is 19.4 Å². The van der Waals surface area contributed by atoms with Crippen molar-refractivity contribution in [3.05, 3.63) is 129 Å². The Kier molecular flexibility index (Phi) is 8.09. The number of ether oxygens (including phenoxy) is 4. The van der Waals surface area contributed by atoms with Gasteiger partial charge in [-0.1, -0.05) is 48.0 Å². The van der Waals surface area contributed by atoms with Crippen LogP contribution >= 0.6 is 11.6 Å². The van der Waals surface area contributed by atoms with Gasteiger partial charge < -0.3 is 24.7 Å². The van der Waals surface area contributed by atoms with E-state index in [1.54, 1.807) is 66.7 Å². The number of carbonyl (C=O) groups excluding carboxylic acids is 1. The second-order valence-corrected chi connectivity index (χ2v) is 9.68. The molecule has 0 aliphatic carbocycles. The molecule has 9 heteroatoms. The summed E-state index contributed by atoms with van der Waals surface area (Å²) in [6, 6.07) is 25.6. The zero-order valence-corrected chi connectivity index (χ0v) is 22.7. The lowest BCUT2D eigenvalue weighted by atomic mass is 9.83. The van der Waals surface area contributed by atoms with Crippen LogP contribution in [0.2, 0.25) is 5.02 Å². The first-order valence-electron chi connectivity index (χ1n) is 12.6. The van der Waals surface area contributed by atoms with E-state index in [4.69, 9.17) is 36.3 Å². The molecule has 2 N–H and O–H groups in total. The van der Waals surface area contributed by atoms with Gasteiger partial charge in [-0.25, -0.2) is 9.18 Å². The van der Waals surface area contributed by atoms with Gasteiger partial charge >= 0.3 is 5.97 Å². The third kappa shape index (κ3) is 6.26. The largest absolute Gasteiger partial charge is 0.489 e. The average molecular weight is 571 g/mol. The number of hydrogen-bond acceptors (Lipinski definition) is 7. The molecule has 206 valence electrons. The highest BCUT2D eigenvalue weighted by Gasteiger charge is 2.31. The van der Waals surface area contributed by atoms with E-state index in [0.29, 0.717) is 33.4 Å². The number of carbonyl (C=O) groups is 1. The molecule has 0 radical (unpaired) electrons. The Balaban J connectivity index is 1.30. The molecule has 0 spiro atoms. The molecule has 0 amide bonds. The Morgan fingerprint density at radius 3 is 2.51 bits per heavy atom. The van der Waals surface area contributed by atoms with Gasteiger partial charge in [0.2, 0.25) is 5.88 Å². The van der Waals surface area contributed by atoms with Crippen molar-refractivity contribution in [3.8, 4) is 29.1 Å². The Morgan fingerprint density at radius 1 is 1.02 bits per heavy atom. The second kappa shape index (κ2) is 12.0. The normalized spacial score (nSPS) is 14.0. The Labute approximate surface area is 241 Å². The number of fused-ring (bicyclic) bond motifs is 1. The van der Waals surface area contributed by atoms with Crippen molar-refractivity contribution in [1.29, 1.82) is 5.26 Å². The predicted octanol–water partition coefficient (Wildman–Crippen LogP) is 6.57. The van der Waals surface area contributed by atoms with Gasteiger partial charge in [-0.15, -0.1) is 0 Å². The molecule has 0 fully saturated rings. The molecule has 4 aromatic rings. The molecule has 1 aliphatic rings. The summed E-state index contributed by atoms with van der Waals surface area (Å²) in [7, 11) is 0. The lowest BCUT2D eigenvalue weighted by Gasteiger charge is -2.26. The van der Waals surface area contributed by atoms with Crippen molar-refractivity contribution in [1.82, 2.24) is 0 Å². The highest BCUT2D eigenvalue weighted by molar-refractivity contribution is 6.30. The topological polar surface area (TPSA) is 104 Å². The smallest absolute Gasteiger partial charge is 0.349 e. The number of nitrogens with two attached hydrogens (primary N) is 1. The molecule has 5 rings (SSSR count). The maximum Gasteiger partial charge on any atom is 0.349 e. The summed E-state index contributed by atoms with van der Waals surface area (Å²) >= 11 is 5.96. The summed E-state index contributed by atoms with van der Waals surface area (Å²) in [5, 5.41) is 10.4. The number of allylic oxidation sites excluding steroid dienone is 1. The molecule has 1 heterocycles. The minimum Gasteiger partial charge on any atom is -0.489 e. The molecule has 4 aromatic carbocycles. The van der Waals surface area contributed by atoms with Crippen LogP contribution in [0.25, 0.3) is 0 Å². The molecular formula is C32H24ClFN2O5. The minimum absolute atomic E-state index is 0.0464. The van der Waals surface area contributed by atoms with Gasteiger partial charge in [0.1, 0.15) is 47.1 Å². The molecule has 0 saturated carbocycles. The zero-order valence-electron chi connectivity index (χ0n) is 21.9. The van der Waals surface area contributed by atoms with Gasteiger partial charge in [0.15, 0.2) is 6.61 Å². The Morgan fingerprint density at radius 2 is 1.78 bits per heavy atom. The van der Waals surface area contributed by atoms with E-state index in [2.05, 4.69) is 6.07 Å². The van der Waals surface area contributed by atoms with Gasteiger partial charge in [-0.2, -0.15) is 5.26 Å². The van der Waals surface area contributed by atoms with Crippen LogP contribution in [0.5, 0.6) is 23.0 Å². The highest BCUT2D eigenvalue weighted by atomic mass is 35.5. The number of rotatable bonds is 8. The van der Waals surface area contributed by atoms with Crippen LogP contribution in [-0.4, -0.2) is 12.6 Å². The SMILES string of the molecule is Cc1cc(Cl)ccc1OCC(=O)Oc1ccc2c(c1)OC(N)=C(C#N)C2c1ccc(OCc2ccccc2F)cc1. The van der Waals surface area contributed by atoms with E-state index < -0.39 is 11.9 Å². The van der Waals surface area contributed by atoms with Crippen LogP contribution in [0, 0.1) is 24.1 Å². The molecule has 7 nitrogen and oxygen atoms in total. The number of nitriles is 1. The fourth-order valence-electron chi connectivity index (χ4n) is 4.45. The zero-order chi connectivity index (χ0) is 28.9. The summed E-state index contributed by atoms with van der Waals surface area (Å²) < 4.78 is 36.4. The van der Waals surface area contributed by atoms with Crippen molar-refractivity contribution >= 4 is 17.6 Å². The first kappa shape index (κ1) is 27.6. The molecular weight excluding hydrogens is 547 g/mol. The summed E-state index contributed by atoms with van der Waals surface area (Å²) in [6.45, 7) is 1.59. The van der Waals surface area contributed by atoms with E-state index in [9.17, 15) is 14.4 Å². The van der Waals surface area contributed by atoms with Crippen molar-refractivity contribution in [2.75, 3.05) is 6.61 Å². The number of esters is 1. The highest BCUT2D eigenvalue weighted by Crippen LogP contribution is 2.43. The summed E-state index contributed by atoms with van der Waals surface area (Å²) in [5.74, 6) is 0.127. The third-order valence-corrected chi connectivity index (χ3v) is 6.71. The van der Waals surface area contributed by atoms with E-state index in [1.165, 1.54) is 6.07 Å². The molecule has 0 bridgehead atoms. The van der Waals surface area contributed by atoms with E-state index >= 15 is 0 Å². The van der Waals surface area contributed by atoms with E-state index in [-0.39, 0.29) is 36.2 Å². The van der Waals surface area contributed by atoms with Crippen molar-refractivity contribution < 1.29 is 28.1 Å². The van der Waals surface area contributed by atoms with Gasteiger partial charge in [0.25, 0.3) is 0 Å². The van der Waals surface area contributed by atoms with E-state index in [1.807, 2.05) is 19.1 Å². The Hall–Kier alpha value is -5.00. The fourth-order valence-corrected chi connectivity index (χ4v) is 4.67. The van der Waals surface area contributed by atoms with Gasteiger partial charge in [-0.05, 0) is 60.5 Å². The van der Waals surface area contributed by atoms with Crippen LogP contribution in [-0.2, 0) is 11.4 Å². The molecule has 1 aliphatic heterocycles. The minimum atomic E-state index is -0.612. The van der Waals surface area contributed by atoms with Gasteiger partial charge in [0.05, 0.1) is 5.92 Å². The molecule has 0 aromatic heterocycles. The number of hydrogen-bond donors (Lipinski definition) is 1. The summed E-state index contributed by atoms with van der Waals surface area (Å²) in [5.41, 5.74) is 9.03. The van der Waals surface area contributed by atoms with Crippen LogP contribution in [0.15, 0.2) is 96.4 Å². The molecule has 0 saturated heterocycles. The number of halogens is 2. The number of nitrogens with zero attached hydrogens (tertiary/aromatic N) is 1. The summed E-state index contributed by atoms with van der Waals surface area (Å²) in [4.78, 5) is 12.5. The molecule has 41 heavy (non-hydrogen) atoms. The Bertz CT molecular complexity index is 1680. The van der Waals surface area contributed by atoms with Gasteiger partial charge in [-0.3, -0.25) is 0 Å². The standard InChI is InChI=1S/C32H24ClFN2O5/c1-19-14-22(33)8-13-28(19)39-18-30(37)40-24-11-12-25-29(15-24)41-32(36)26(16-35)31(25)20-6-9-23(10-7-20)38-17-21-4-2-3-5-27(21)34/h2-15,31H,17-18,36H2,1H3. The van der Waals surface area contributed by atoms with Crippen LogP contribution < -0.4 is 24.7 Å². The van der Waals surface area contributed by atoms with Crippen molar-refractivity contribution in [3.63, 3.8) is 0 Å². The lowest BCUT2D eigenvalue weighted by Crippen LogP contribution is -2.21. The number of benzene rings is 4. The average Bonchev–Trinajstić information content (AvgIpc) is 2.96. The van der Waals surface area contributed by atoms with E-state index in [0.717, 1.165) is 11.1 Å². The molecule has 1 atom stereocenters. The van der Waals surface area contributed by atoms with Gasteiger partial charge in [0, 0.05) is 22.2 Å². The summed E-state index contributed by atoms with van der Waals surface area (Å²) in [6.07, 6.45) is 0. The first-order chi connectivity index (χ1) is 19.8. The van der Waals surface area contributed by atoms with Crippen molar-refractivity contribution in [2.24, 2.45) is 5.73 Å². The van der Waals surface area contributed by atoms with Crippen LogP contribution in [0.3, 0.4) is 0 Å². The molecule has 1 unspecified atom stereocenters. The van der Waals surface area contributed by atoms with Crippen LogP contribution in [0.4, 0.5) is 4.39 Å². The second-order valence-electron chi connectivity index (χ2n) is 9.25. The lowest BCUT2D eigenvalue weighted by molar-refractivity contribution is -0.136.